The van der Waals surface area contributed by atoms with Crippen molar-refractivity contribution in [2.45, 2.75) is 339 Å². The fraction of sp³-hybridized carbons (Fsp3) is 0.821. The highest BCUT2D eigenvalue weighted by Gasteiger charge is 2.47. The minimum absolute atomic E-state index is 0.114. The molecule has 1 aliphatic rings. The summed E-state index contributed by atoms with van der Waals surface area (Å²) < 4.78 is 17.6. The van der Waals surface area contributed by atoms with Gasteiger partial charge in [0.1, 0.15) is 24.4 Å². The standard InChI is InChI=1S/C67H121NO10/c1-4-7-10-13-16-19-22-25-27-28-29-30-31-32-33-34-36-39-42-45-48-51-54-60(71)66(75)68-58(59(70)53-50-47-44-41-38-35-24-21-18-15-12-9-6-3)57-76-67-65(64(74)63(73)61(56-69)77-67)78-62(72)55-52-49-46-43-40-37-26-23-20-17-14-11-8-5-2/h8,11,16-17,19-20,25,27,50,53,58-61,63-65,67,69-71,73-74H,4-7,9-10,12-15,18,21-24,26,28-49,51-52,54-57H2,1-3H3,(H,68,75)/b11-8+,19-16-,20-17+,27-25-,53-50+. The molecule has 0 radical (unpaired) electrons. The van der Waals surface area contributed by atoms with Crippen LogP contribution in [0.2, 0.25) is 0 Å². The molecule has 0 aromatic rings. The fourth-order valence-electron chi connectivity index (χ4n) is 10.0. The maximum atomic E-state index is 13.5. The summed E-state index contributed by atoms with van der Waals surface area (Å²) in [4.78, 5) is 26.6. The van der Waals surface area contributed by atoms with E-state index < -0.39 is 67.4 Å². The van der Waals surface area contributed by atoms with E-state index in [1.54, 1.807) is 6.08 Å². The van der Waals surface area contributed by atoms with E-state index in [-0.39, 0.29) is 19.4 Å². The van der Waals surface area contributed by atoms with Crippen LogP contribution in [-0.4, -0.2) is 99.6 Å². The summed E-state index contributed by atoms with van der Waals surface area (Å²) in [6, 6.07) is -1.03. The Morgan fingerprint density at radius 2 is 0.923 bits per heavy atom. The predicted molar refractivity (Wildman–Crippen MR) is 324 cm³/mol. The zero-order valence-corrected chi connectivity index (χ0v) is 50.3. The molecule has 1 rings (SSSR count). The summed E-state index contributed by atoms with van der Waals surface area (Å²) in [5.41, 5.74) is 0. The van der Waals surface area contributed by atoms with Crippen LogP contribution >= 0.6 is 0 Å². The summed E-state index contributed by atoms with van der Waals surface area (Å²) in [6.07, 6.45) is 58.3. The zero-order chi connectivity index (χ0) is 56.8. The number of aliphatic hydroxyl groups excluding tert-OH is 5. The van der Waals surface area contributed by atoms with Gasteiger partial charge in [0.2, 0.25) is 5.91 Å². The number of hydrogen-bond donors (Lipinski definition) is 6. The number of amides is 1. The Balaban J connectivity index is 2.64. The molecule has 1 aliphatic heterocycles. The van der Waals surface area contributed by atoms with Crippen LogP contribution in [0.1, 0.15) is 290 Å². The lowest BCUT2D eigenvalue weighted by Crippen LogP contribution is -2.61. The van der Waals surface area contributed by atoms with Crippen molar-refractivity contribution in [2.24, 2.45) is 0 Å². The summed E-state index contributed by atoms with van der Waals surface area (Å²) >= 11 is 0. The minimum Gasteiger partial charge on any atom is -0.454 e. The van der Waals surface area contributed by atoms with Crippen LogP contribution in [0.25, 0.3) is 0 Å². The molecule has 1 fully saturated rings. The summed E-state index contributed by atoms with van der Waals surface area (Å²) in [5, 5.41) is 57.1. The Labute approximate surface area is 478 Å². The van der Waals surface area contributed by atoms with Gasteiger partial charge in [0.25, 0.3) is 0 Å². The van der Waals surface area contributed by atoms with E-state index in [1.807, 2.05) is 6.08 Å². The average Bonchev–Trinajstić information content (AvgIpc) is 3.46. The van der Waals surface area contributed by atoms with Gasteiger partial charge in [0.05, 0.1) is 25.4 Å². The Morgan fingerprint density at radius 1 is 0.513 bits per heavy atom. The highest BCUT2D eigenvalue weighted by molar-refractivity contribution is 5.80. The molecule has 0 spiro atoms. The third kappa shape index (κ3) is 42.2. The molecule has 0 bridgehead atoms. The van der Waals surface area contributed by atoms with E-state index >= 15 is 0 Å². The Bertz CT molecular complexity index is 1500. The largest absolute Gasteiger partial charge is 0.454 e. The smallest absolute Gasteiger partial charge is 0.306 e. The number of ether oxygens (including phenoxy) is 3. The predicted octanol–water partition coefficient (Wildman–Crippen LogP) is 15.8. The molecule has 8 unspecified atom stereocenters. The Hall–Kier alpha value is -2.64. The summed E-state index contributed by atoms with van der Waals surface area (Å²) in [6.45, 7) is 5.67. The third-order valence-electron chi connectivity index (χ3n) is 15.2. The first-order valence-electron chi connectivity index (χ1n) is 32.6. The number of carbonyl (C=O) groups excluding carboxylic acids is 2. The summed E-state index contributed by atoms with van der Waals surface area (Å²) in [5.74, 6) is -1.20. The van der Waals surface area contributed by atoms with E-state index in [0.29, 0.717) is 12.8 Å². The van der Waals surface area contributed by atoms with Gasteiger partial charge in [-0.1, -0.05) is 261 Å². The molecule has 1 saturated heterocycles. The zero-order valence-electron chi connectivity index (χ0n) is 50.3. The van der Waals surface area contributed by atoms with Gasteiger partial charge in [-0.25, -0.2) is 0 Å². The topological polar surface area (TPSA) is 175 Å². The lowest BCUT2D eigenvalue weighted by molar-refractivity contribution is -0.305. The van der Waals surface area contributed by atoms with Crippen molar-refractivity contribution in [2.75, 3.05) is 13.2 Å². The molecule has 0 saturated carbocycles. The first-order chi connectivity index (χ1) is 38.2. The molecular formula is C67H121NO10. The number of rotatable bonds is 55. The molecule has 0 aliphatic carbocycles. The Morgan fingerprint density at radius 3 is 1.40 bits per heavy atom. The van der Waals surface area contributed by atoms with E-state index in [2.05, 4.69) is 74.7 Å². The van der Waals surface area contributed by atoms with Crippen molar-refractivity contribution in [3.05, 3.63) is 60.8 Å². The number of hydrogen-bond acceptors (Lipinski definition) is 10. The van der Waals surface area contributed by atoms with E-state index in [0.717, 1.165) is 89.9 Å². The number of aliphatic hydroxyl groups is 5. The van der Waals surface area contributed by atoms with Gasteiger partial charge in [0.15, 0.2) is 12.4 Å². The molecule has 8 atom stereocenters. The van der Waals surface area contributed by atoms with E-state index in [9.17, 15) is 35.1 Å². The van der Waals surface area contributed by atoms with Gasteiger partial charge < -0.3 is 45.1 Å². The quantitative estimate of drug-likeness (QED) is 0.0195. The molecule has 11 heteroatoms. The van der Waals surface area contributed by atoms with Gasteiger partial charge in [-0.15, -0.1) is 0 Å². The van der Waals surface area contributed by atoms with Crippen LogP contribution in [0.4, 0.5) is 0 Å². The molecular weight excluding hydrogens is 979 g/mol. The number of carbonyl (C=O) groups is 2. The maximum Gasteiger partial charge on any atom is 0.306 e. The van der Waals surface area contributed by atoms with Crippen LogP contribution < -0.4 is 5.32 Å². The van der Waals surface area contributed by atoms with Crippen LogP contribution in [0, 0.1) is 0 Å². The highest BCUT2D eigenvalue weighted by Crippen LogP contribution is 2.26. The number of allylic oxidation sites excluding steroid dienone is 9. The number of unbranched alkanes of at least 4 members (excludes halogenated alkanes) is 33. The number of nitrogens with one attached hydrogen (secondary N) is 1. The molecule has 11 nitrogen and oxygen atoms in total. The van der Waals surface area contributed by atoms with E-state index in [4.69, 9.17) is 14.2 Å². The van der Waals surface area contributed by atoms with Gasteiger partial charge in [0, 0.05) is 6.42 Å². The lowest BCUT2D eigenvalue weighted by Gasteiger charge is -2.41. The molecule has 454 valence electrons. The second kappa shape index (κ2) is 54.9. The summed E-state index contributed by atoms with van der Waals surface area (Å²) in [7, 11) is 0. The van der Waals surface area contributed by atoms with E-state index in [1.165, 1.54) is 154 Å². The third-order valence-corrected chi connectivity index (χ3v) is 15.2. The molecule has 1 heterocycles. The van der Waals surface area contributed by atoms with Crippen molar-refractivity contribution in [3.8, 4) is 0 Å². The second-order valence-electron chi connectivity index (χ2n) is 22.5. The monoisotopic (exact) mass is 1100 g/mol. The fourth-order valence-corrected chi connectivity index (χ4v) is 10.0. The van der Waals surface area contributed by atoms with Gasteiger partial charge in [-0.05, 0) is 83.5 Å². The van der Waals surface area contributed by atoms with Crippen molar-refractivity contribution >= 4 is 11.9 Å². The lowest BCUT2D eigenvalue weighted by atomic mass is 9.99. The number of esters is 1. The first-order valence-corrected chi connectivity index (χ1v) is 32.6. The van der Waals surface area contributed by atoms with Crippen molar-refractivity contribution < 1.29 is 49.3 Å². The highest BCUT2D eigenvalue weighted by atomic mass is 16.7. The molecule has 0 aromatic carbocycles. The minimum atomic E-state index is -1.62. The Kier molecular flexibility index (Phi) is 51.7. The normalized spacial score (nSPS) is 19.3. The van der Waals surface area contributed by atoms with Gasteiger partial charge in [-0.3, -0.25) is 9.59 Å². The first kappa shape index (κ1) is 73.4. The van der Waals surface area contributed by atoms with Crippen molar-refractivity contribution in [1.82, 2.24) is 5.32 Å². The van der Waals surface area contributed by atoms with Crippen molar-refractivity contribution in [1.29, 1.82) is 0 Å². The average molecular weight is 1100 g/mol. The SMILES string of the molecule is CC/C=C/C/C=C/CCCCCCCCCC(=O)OC1C(OCC(NC(=O)C(O)CCCCCCCCCCCCCC/C=C\C/C=C\CCCCC)C(O)/C=C/CCCCCCCCCCCCC)OC(CO)C(O)C1O. The molecule has 1 amide bonds. The molecule has 78 heavy (non-hydrogen) atoms. The van der Waals surface area contributed by atoms with Crippen LogP contribution in [0.3, 0.4) is 0 Å². The molecule has 6 N–H and O–H groups in total. The van der Waals surface area contributed by atoms with Gasteiger partial charge in [-0.2, -0.15) is 0 Å². The van der Waals surface area contributed by atoms with Crippen LogP contribution in [0.5, 0.6) is 0 Å². The van der Waals surface area contributed by atoms with Crippen LogP contribution in [-0.2, 0) is 23.8 Å². The molecule has 0 aromatic heterocycles. The van der Waals surface area contributed by atoms with Crippen LogP contribution in [0.15, 0.2) is 60.8 Å². The van der Waals surface area contributed by atoms with Gasteiger partial charge >= 0.3 is 5.97 Å². The maximum absolute atomic E-state index is 13.5. The van der Waals surface area contributed by atoms with Crippen molar-refractivity contribution in [3.63, 3.8) is 0 Å². The second-order valence-corrected chi connectivity index (χ2v) is 22.5.